The lowest BCUT2D eigenvalue weighted by Crippen LogP contribution is -2.43. The van der Waals surface area contributed by atoms with E-state index in [0.29, 0.717) is 12.5 Å². The molecule has 1 amide bonds. The summed E-state index contributed by atoms with van der Waals surface area (Å²) in [4.78, 5) is 18.4. The van der Waals surface area contributed by atoms with Gasteiger partial charge in [-0.25, -0.2) is 4.99 Å². The van der Waals surface area contributed by atoms with Crippen molar-refractivity contribution < 1.29 is 4.79 Å². The van der Waals surface area contributed by atoms with Gasteiger partial charge < -0.3 is 15.5 Å². The highest BCUT2D eigenvalue weighted by molar-refractivity contribution is 5.86. The van der Waals surface area contributed by atoms with Gasteiger partial charge in [0.2, 0.25) is 5.91 Å². The van der Waals surface area contributed by atoms with E-state index in [1.165, 1.54) is 0 Å². The van der Waals surface area contributed by atoms with Crippen LogP contribution in [0.15, 0.2) is 71.9 Å². The van der Waals surface area contributed by atoms with Crippen molar-refractivity contribution in [1.29, 1.82) is 0 Å². The summed E-state index contributed by atoms with van der Waals surface area (Å²) in [6, 6.07) is 20.2. The van der Waals surface area contributed by atoms with Crippen molar-refractivity contribution in [2.75, 3.05) is 20.6 Å². The summed E-state index contributed by atoms with van der Waals surface area (Å²) in [5.74, 6) is 0.558. The first-order valence-corrected chi connectivity index (χ1v) is 10.3. The molecule has 1 atom stereocenters. The fourth-order valence-corrected chi connectivity index (χ4v) is 3.16. The monoisotopic (exact) mass is 418 g/mol. The van der Waals surface area contributed by atoms with Crippen molar-refractivity contribution in [3.8, 4) is 11.3 Å². The Morgan fingerprint density at radius 1 is 1.10 bits per heavy atom. The number of amides is 1. The number of rotatable bonds is 7. The average molecular weight is 419 g/mol. The van der Waals surface area contributed by atoms with Gasteiger partial charge in [0.25, 0.3) is 0 Å². The molecule has 2 aromatic carbocycles. The second-order valence-electron chi connectivity index (χ2n) is 7.63. The van der Waals surface area contributed by atoms with Crippen LogP contribution in [0.3, 0.4) is 0 Å². The molecule has 7 heteroatoms. The van der Waals surface area contributed by atoms with Crippen molar-refractivity contribution in [3.63, 3.8) is 0 Å². The number of guanidine groups is 1. The maximum absolute atomic E-state index is 12.1. The predicted molar refractivity (Wildman–Crippen MR) is 124 cm³/mol. The van der Waals surface area contributed by atoms with E-state index < -0.39 is 0 Å². The Morgan fingerprint density at radius 2 is 1.74 bits per heavy atom. The highest BCUT2D eigenvalue weighted by atomic mass is 16.2. The van der Waals surface area contributed by atoms with Crippen molar-refractivity contribution in [2.24, 2.45) is 12.0 Å². The van der Waals surface area contributed by atoms with Crippen molar-refractivity contribution in [1.82, 2.24) is 25.3 Å². The van der Waals surface area contributed by atoms with E-state index in [1.807, 2.05) is 61.8 Å². The molecule has 0 radical (unpaired) electrons. The molecule has 0 spiro atoms. The molecule has 0 aliphatic carbocycles. The van der Waals surface area contributed by atoms with E-state index in [0.717, 1.165) is 22.4 Å². The first-order chi connectivity index (χ1) is 14.9. The van der Waals surface area contributed by atoms with Gasteiger partial charge in [-0.1, -0.05) is 60.7 Å². The highest BCUT2D eigenvalue weighted by Crippen LogP contribution is 2.22. The van der Waals surface area contributed by atoms with Crippen LogP contribution in [0, 0.1) is 0 Å². The van der Waals surface area contributed by atoms with Gasteiger partial charge in [-0.05, 0) is 12.5 Å². The van der Waals surface area contributed by atoms with Crippen LogP contribution < -0.4 is 10.6 Å². The average Bonchev–Trinajstić information content (AvgIpc) is 3.16. The fourth-order valence-electron chi connectivity index (χ4n) is 3.16. The zero-order valence-corrected chi connectivity index (χ0v) is 18.5. The van der Waals surface area contributed by atoms with E-state index >= 15 is 0 Å². The SMILES string of the molecule is CC(NC(=NCc1cn(C)nc1-c1ccccc1)NCC(=O)N(C)C)c1ccccc1. The molecule has 2 N–H and O–H groups in total. The van der Waals surface area contributed by atoms with Gasteiger partial charge in [0.15, 0.2) is 5.96 Å². The normalized spacial score (nSPS) is 12.3. The number of nitrogens with one attached hydrogen (secondary N) is 2. The minimum atomic E-state index is -0.0202. The van der Waals surface area contributed by atoms with Crippen LogP contribution >= 0.6 is 0 Å². The molecule has 1 aromatic heterocycles. The Bertz CT molecular complexity index is 1010. The number of hydrogen-bond donors (Lipinski definition) is 2. The van der Waals surface area contributed by atoms with Gasteiger partial charge in [-0.15, -0.1) is 0 Å². The van der Waals surface area contributed by atoms with Gasteiger partial charge in [0.05, 0.1) is 24.8 Å². The van der Waals surface area contributed by atoms with E-state index in [9.17, 15) is 4.79 Å². The minimum absolute atomic E-state index is 0.0202. The van der Waals surface area contributed by atoms with Crippen LogP contribution in [0.4, 0.5) is 0 Å². The molecule has 0 saturated heterocycles. The summed E-state index contributed by atoms with van der Waals surface area (Å²) in [6.45, 7) is 2.67. The first kappa shape index (κ1) is 22.1. The molecule has 0 saturated carbocycles. The van der Waals surface area contributed by atoms with Crippen molar-refractivity contribution >= 4 is 11.9 Å². The molecule has 0 bridgehead atoms. The van der Waals surface area contributed by atoms with Crippen molar-refractivity contribution in [3.05, 3.63) is 78.0 Å². The molecule has 0 fully saturated rings. The lowest BCUT2D eigenvalue weighted by atomic mass is 10.1. The second kappa shape index (κ2) is 10.4. The summed E-state index contributed by atoms with van der Waals surface area (Å²) in [6.07, 6.45) is 1.98. The Balaban J connectivity index is 1.81. The summed E-state index contributed by atoms with van der Waals surface area (Å²) >= 11 is 0. The maximum Gasteiger partial charge on any atom is 0.241 e. The molecule has 3 aromatic rings. The number of aliphatic imine (C=N–C) groups is 1. The quantitative estimate of drug-likeness (QED) is 0.457. The molecule has 1 heterocycles. The van der Waals surface area contributed by atoms with Crippen molar-refractivity contribution in [2.45, 2.75) is 19.5 Å². The van der Waals surface area contributed by atoms with E-state index in [4.69, 9.17) is 4.99 Å². The largest absolute Gasteiger partial charge is 0.350 e. The standard InChI is InChI=1S/C24H30N6O/c1-18(19-11-7-5-8-12-19)27-24(26-16-22(31)29(2)3)25-15-21-17-30(4)28-23(21)20-13-9-6-10-14-20/h5-14,17-18H,15-16H2,1-4H3,(H2,25,26,27). The lowest BCUT2D eigenvalue weighted by Gasteiger charge is -2.19. The topological polar surface area (TPSA) is 74.5 Å². The van der Waals surface area contributed by atoms with Gasteiger partial charge in [-0.2, -0.15) is 5.10 Å². The molecule has 7 nitrogen and oxygen atoms in total. The predicted octanol–water partition coefficient (Wildman–Crippen LogP) is 2.97. The summed E-state index contributed by atoms with van der Waals surface area (Å²) in [7, 11) is 5.38. The Labute approximate surface area is 183 Å². The first-order valence-electron chi connectivity index (χ1n) is 10.3. The van der Waals surface area contributed by atoms with Gasteiger partial charge in [0, 0.05) is 38.5 Å². The summed E-state index contributed by atoms with van der Waals surface area (Å²) in [5.41, 5.74) is 4.12. The lowest BCUT2D eigenvalue weighted by molar-refractivity contribution is -0.127. The number of hydrogen-bond acceptors (Lipinski definition) is 3. The number of carbonyl (C=O) groups excluding carboxylic acids is 1. The fraction of sp³-hybridized carbons (Fsp3) is 0.292. The van der Waals surface area contributed by atoms with E-state index in [2.05, 4.69) is 34.8 Å². The molecule has 0 aliphatic rings. The van der Waals surface area contributed by atoms with Crippen LogP contribution in [0.5, 0.6) is 0 Å². The third kappa shape index (κ3) is 6.18. The van der Waals surface area contributed by atoms with Crippen LogP contribution in [-0.2, 0) is 18.4 Å². The van der Waals surface area contributed by atoms with Gasteiger partial charge in [-0.3, -0.25) is 9.48 Å². The minimum Gasteiger partial charge on any atom is -0.350 e. The Morgan fingerprint density at radius 3 is 2.39 bits per heavy atom. The Hall–Kier alpha value is -3.61. The van der Waals surface area contributed by atoms with Crippen LogP contribution in [-0.4, -0.2) is 47.2 Å². The number of aryl methyl sites for hydroxylation is 1. The third-order valence-corrected chi connectivity index (χ3v) is 4.92. The number of benzene rings is 2. The maximum atomic E-state index is 12.1. The van der Waals surface area contributed by atoms with E-state index in [1.54, 1.807) is 23.7 Å². The van der Waals surface area contributed by atoms with Gasteiger partial charge in [0.1, 0.15) is 0 Å². The number of nitrogens with zero attached hydrogens (tertiary/aromatic N) is 4. The number of carbonyl (C=O) groups is 1. The van der Waals surface area contributed by atoms with Gasteiger partial charge >= 0.3 is 0 Å². The third-order valence-electron chi connectivity index (χ3n) is 4.92. The highest BCUT2D eigenvalue weighted by Gasteiger charge is 2.13. The molecular weight excluding hydrogens is 388 g/mol. The zero-order valence-electron chi connectivity index (χ0n) is 18.5. The van der Waals surface area contributed by atoms with Crippen LogP contribution in [0.2, 0.25) is 0 Å². The number of aromatic nitrogens is 2. The molecular formula is C24H30N6O. The molecule has 3 rings (SSSR count). The smallest absolute Gasteiger partial charge is 0.241 e. The second-order valence-corrected chi connectivity index (χ2v) is 7.63. The van der Waals surface area contributed by atoms with Crippen LogP contribution in [0.1, 0.15) is 24.1 Å². The molecule has 0 aliphatic heterocycles. The molecule has 1 unspecified atom stereocenters. The zero-order chi connectivity index (χ0) is 22.2. The van der Waals surface area contributed by atoms with Crippen LogP contribution in [0.25, 0.3) is 11.3 Å². The Kier molecular flexibility index (Phi) is 7.43. The summed E-state index contributed by atoms with van der Waals surface area (Å²) in [5, 5.41) is 11.2. The number of likely N-dealkylation sites (N-methyl/N-ethyl adjacent to an activating group) is 1. The molecule has 162 valence electrons. The van der Waals surface area contributed by atoms with E-state index in [-0.39, 0.29) is 18.5 Å². The molecule has 31 heavy (non-hydrogen) atoms. The summed E-state index contributed by atoms with van der Waals surface area (Å²) < 4.78 is 1.80.